The van der Waals surface area contributed by atoms with Crippen LogP contribution < -0.4 is 18.5 Å². The third-order valence-corrected chi connectivity index (χ3v) is 9.05. The van der Waals surface area contributed by atoms with E-state index in [2.05, 4.69) is 4.98 Å². The molecule has 0 bridgehead atoms. The van der Waals surface area contributed by atoms with Crippen LogP contribution in [0.15, 0.2) is 40.7 Å². The van der Waals surface area contributed by atoms with Gasteiger partial charge in [0, 0.05) is 60.8 Å². The third-order valence-electron chi connectivity index (χ3n) is 6.37. The first kappa shape index (κ1) is 28.4. The fourth-order valence-corrected chi connectivity index (χ4v) is 6.66. The molecule has 1 amide bonds. The summed E-state index contributed by atoms with van der Waals surface area (Å²) < 4.78 is 75.8. The summed E-state index contributed by atoms with van der Waals surface area (Å²) >= 11 is 0.992. The van der Waals surface area contributed by atoms with E-state index in [4.69, 9.17) is 19.3 Å². The highest BCUT2D eigenvalue weighted by Gasteiger charge is 2.36. The molecule has 14 heteroatoms. The monoisotopic (exact) mass is 583 g/mol. The Morgan fingerprint density at radius 2 is 1.90 bits per heavy atom. The molecule has 1 aromatic heterocycles. The molecule has 0 aliphatic carbocycles. The Morgan fingerprint density at radius 3 is 2.49 bits per heavy atom. The summed E-state index contributed by atoms with van der Waals surface area (Å²) in [5.41, 5.74) is 0.235. The van der Waals surface area contributed by atoms with Crippen LogP contribution in [0.1, 0.15) is 24.0 Å². The first-order valence-corrected chi connectivity index (χ1v) is 14.1. The molecule has 39 heavy (non-hydrogen) atoms. The van der Waals surface area contributed by atoms with Gasteiger partial charge in [0.25, 0.3) is 10.0 Å². The number of carbonyl (C=O) groups is 1. The minimum Gasteiger partial charge on any atom is -0.497 e. The average Bonchev–Trinajstić information content (AvgIpc) is 3.44. The van der Waals surface area contributed by atoms with Crippen molar-refractivity contribution in [2.75, 3.05) is 31.6 Å². The second-order valence-corrected chi connectivity index (χ2v) is 11.4. The molecule has 1 fully saturated rings. The molecule has 0 atom stereocenters. The lowest BCUT2D eigenvalue weighted by Crippen LogP contribution is -2.41. The van der Waals surface area contributed by atoms with E-state index in [1.165, 1.54) is 32.2 Å². The first-order chi connectivity index (χ1) is 18.6. The number of hydrogen-bond donors (Lipinski definition) is 1. The smallest absolute Gasteiger partial charge is 0.407 e. The summed E-state index contributed by atoms with van der Waals surface area (Å²) in [5.74, 6) is -1.94. The largest absolute Gasteiger partial charge is 0.497 e. The molecule has 4 rings (SSSR count). The van der Waals surface area contributed by atoms with E-state index < -0.39 is 38.8 Å². The van der Waals surface area contributed by atoms with Crippen LogP contribution in [-0.4, -0.2) is 62.9 Å². The van der Waals surface area contributed by atoms with Crippen molar-refractivity contribution < 1.29 is 41.3 Å². The zero-order chi connectivity index (χ0) is 28.3. The Morgan fingerprint density at radius 1 is 1.18 bits per heavy atom. The summed E-state index contributed by atoms with van der Waals surface area (Å²) in [6, 6.07) is 5.63. The number of likely N-dealkylation sites (tertiary alicyclic amines) is 1. The van der Waals surface area contributed by atoms with Crippen LogP contribution in [0.25, 0.3) is 0 Å². The highest BCUT2D eigenvalue weighted by atomic mass is 32.2. The Bertz CT molecular complexity index is 1440. The molecule has 0 saturated carbocycles. The summed E-state index contributed by atoms with van der Waals surface area (Å²) in [7, 11) is -1.91. The summed E-state index contributed by atoms with van der Waals surface area (Å²) in [6.45, 7) is 1.42. The highest BCUT2D eigenvalue weighted by molar-refractivity contribution is 7.93. The van der Waals surface area contributed by atoms with Gasteiger partial charge in [-0.1, -0.05) is 0 Å². The van der Waals surface area contributed by atoms with Gasteiger partial charge in [-0.15, -0.1) is 11.3 Å². The molecule has 2 heterocycles. The summed E-state index contributed by atoms with van der Waals surface area (Å²) in [5, 5.41) is 10.7. The topological polar surface area (TPSA) is 118 Å². The van der Waals surface area contributed by atoms with Crippen molar-refractivity contribution in [3.05, 3.63) is 58.6 Å². The van der Waals surface area contributed by atoms with Crippen LogP contribution in [-0.2, 0) is 16.6 Å². The van der Waals surface area contributed by atoms with Crippen LogP contribution in [0.2, 0.25) is 0 Å². The highest BCUT2D eigenvalue weighted by Crippen LogP contribution is 2.37. The lowest BCUT2D eigenvalue weighted by molar-refractivity contribution is 0.0886. The Hall–Kier alpha value is -3.65. The Labute approximate surface area is 228 Å². The number of carboxylic acid groups (broad SMARTS) is 1. The number of piperidine rings is 1. The van der Waals surface area contributed by atoms with Gasteiger partial charge >= 0.3 is 6.09 Å². The number of nitrogens with zero attached hydrogens (tertiary/aromatic N) is 3. The lowest BCUT2D eigenvalue weighted by atomic mass is 10.1. The number of rotatable bonds is 9. The molecule has 210 valence electrons. The standard InChI is InChI=1S/C25H27F2N3O7S2/c1-15-20(37-17-6-9-29(10-7-17)25(31)32)13-19(26)23(22(15)27)39(33,34)30(24-28-8-11-38-24)14-16-4-5-18(35-2)12-21(16)36-3/h4-5,8,11-13,17H,6-7,9-10,14H2,1-3H3,(H,31,32). The number of halogens is 2. The fourth-order valence-electron chi connectivity index (χ4n) is 4.22. The molecule has 10 nitrogen and oxygen atoms in total. The van der Waals surface area contributed by atoms with E-state index in [9.17, 15) is 13.2 Å². The molecule has 1 aliphatic heterocycles. The molecule has 0 unspecified atom stereocenters. The minimum absolute atomic E-state index is 0.00911. The fraction of sp³-hybridized carbons (Fsp3) is 0.360. The van der Waals surface area contributed by atoms with Gasteiger partial charge in [-0.25, -0.2) is 31.3 Å². The minimum atomic E-state index is -4.80. The van der Waals surface area contributed by atoms with E-state index in [0.29, 0.717) is 29.9 Å². The Kier molecular flexibility index (Phi) is 8.45. The molecule has 0 radical (unpaired) electrons. The van der Waals surface area contributed by atoms with Gasteiger partial charge in [0.15, 0.2) is 15.8 Å². The van der Waals surface area contributed by atoms with Crippen molar-refractivity contribution >= 4 is 32.6 Å². The maximum absolute atomic E-state index is 15.7. The number of anilines is 1. The molecular formula is C25H27F2N3O7S2. The second kappa shape index (κ2) is 11.6. The maximum atomic E-state index is 15.7. The maximum Gasteiger partial charge on any atom is 0.407 e. The van der Waals surface area contributed by atoms with Crippen molar-refractivity contribution in [3.63, 3.8) is 0 Å². The quantitative estimate of drug-likeness (QED) is 0.386. The Balaban J connectivity index is 1.68. The van der Waals surface area contributed by atoms with Crippen molar-refractivity contribution in [3.8, 4) is 17.2 Å². The van der Waals surface area contributed by atoms with Crippen LogP contribution in [0.5, 0.6) is 17.2 Å². The lowest BCUT2D eigenvalue weighted by Gasteiger charge is -2.31. The summed E-state index contributed by atoms with van der Waals surface area (Å²) in [6.07, 6.45) is 0.522. The van der Waals surface area contributed by atoms with Gasteiger partial charge < -0.3 is 24.2 Å². The number of sulfonamides is 1. The van der Waals surface area contributed by atoms with E-state index in [1.807, 2.05) is 0 Å². The molecule has 1 aliphatic rings. The molecular weight excluding hydrogens is 556 g/mol. The van der Waals surface area contributed by atoms with Gasteiger partial charge in [0.2, 0.25) is 0 Å². The van der Waals surface area contributed by atoms with Gasteiger partial charge in [-0.2, -0.15) is 0 Å². The first-order valence-electron chi connectivity index (χ1n) is 11.8. The number of thiazole rings is 1. The molecule has 1 saturated heterocycles. The normalized spacial score (nSPS) is 14.2. The van der Waals surface area contributed by atoms with E-state index >= 15 is 8.78 Å². The average molecular weight is 584 g/mol. The number of aromatic nitrogens is 1. The van der Waals surface area contributed by atoms with Crippen molar-refractivity contribution in [2.45, 2.75) is 37.3 Å². The van der Waals surface area contributed by atoms with Crippen LogP contribution >= 0.6 is 11.3 Å². The number of amides is 1. The van der Waals surface area contributed by atoms with Gasteiger partial charge in [0.05, 0.1) is 20.8 Å². The van der Waals surface area contributed by atoms with Gasteiger partial charge in [-0.05, 0) is 19.1 Å². The van der Waals surface area contributed by atoms with E-state index in [-0.39, 0.29) is 36.1 Å². The molecule has 1 N–H and O–H groups in total. The number of ether oxygens (including phenoxy) is 3. The van der Waals surface area contributed by atoms with E-state index in [0.717, 1.165) is 21.7 Å². The van der Waals surface area contributed by atoms with E-state index in [1.54, 1.807) is 23.6 Å². The van der Waals surface area contributed by atoms with Gasteiger partial charge in [-0.3, -0.25) is 0 Å². The number of benzene rings is 2. The second-order valence-electron chi connectivity index (χ2n) is 8.72. The molecule has 0 spiro atoms. The zero-order valence-corrected chi connectivity index (χ0v) is 23.0. The number of methoxy groups -OCH3 is 2. The SMILES string of the molecule is COc1ccc(CN(c2nccs2)S(=O)(=O)c2c(F)cc(OC3CCN(C(=O)O)CC3)c(C)c2F)c(OC)c1. The van der Waals surface area contributed by atoms with Crippen molar-refractivity contribution in [1.29, 1.82) is 0 Å². The predicted molar refractivity (Wildman–Crippen MR) is 139 cm³/mol. The molecule has 2 aromatic carbocycles. The van der Waals surface area contributed by atoms with Crippen molar-refractivity contribution in [1.82, 2.24) is 9.88 Å². The third kappa shape index (κ3) is 5.86. The predicted octanol–water partition coefficient (Wildman–Crippen LogP) is 4.66. The zero-order valence-electron chi connectivity index (χ0n) is 21.4. The van der Waals surface area contributed by atoms with Crippen molar-refractivity contribution in [2.24, 2.45) is 0 Å². The van der Waals surface area contributed by atoms with Crippen LogP contribution in [0.3, 0.4) is 0 Å². The van der Waals surface area contributed by atoms with Crippen LogP contribution in [0.4, 0.5) is 18.7 Å². The summed E-state index contributed by atoms with van der Waals surface area (Å²) in [4.78, 5) is 15.3. The number of hydrogen-bond acceptors (Lipinski definition) is 8. The molecule has 3 aromatic rings. The van der Waals surface area contributed by atoms with Gasteiger partial charge in [0.1, 0.15) is 29.2 Å². The van der Waals surface area contributed by atoms with Crippen LogP contribution in [0, 0.1) is 18.6 Å².